The number of imidazole rings is 1. The lowest BCUT2D eigenvalue weighted by molar-refractivity contribution is 0.0703. The number of aromatic amines is 1. The molecule has 0 saturated heterocycles. The Kier molecular flexibility index (Phi) is 4.54. The van der Waals surface area contributed by atoms with Crippen molar-refractivity contribution in [3.05, 3.63) is 87.4 Å². The Balaban J connectivity index is 1.74. The summed E-state index contributed by atoms with van der Waals surface area (Å²) >= 11 is 3.46. The molecule has 0 bridgehead atoms. The number of carbonyl (C=O) groups excluding carboxylic acids is 1. The summed E-state index contributed by atoms with van der Waals surface area (Å²) in [5.41, 5.74) is 1.96. The number of H-pyrrole nitrogens is 1. The summed E-state index contributed by atoms with van der Waals surface area (Å²) in [6.07, 6.45) is -1.24. The third-order valence-electron chi connectivity index (χ3n) is 5.58. The molecule has 0 saturated carbocycles. The van der Waals surface area contributed by atoms with Crippen LogP contribution < -0.4 is 10.2 Å². The Bertz CT molecular complexity index is 1420. The van der Waals surface area contributed by atoms with Crippen molar-refractivity contribution >= 4 is 50.6 Å². The average Bonchev–Trinajstić information content (AvgIpc) is 3.26. The van der Waals surface area contributed by atoms with Gasteiger partial charge in [0.15, 0.2) is 5.72 Å². The van der Waals surface area contributed by atoms with Crippen LogP contribution in [-0.4, -0.2) is 32.2 Å². The number of aromatic nitrogens is 2. The number of aliphatic hydroxyl groups is 1. The number of rotatable bonds is 3. The highest BCUT2D eigenvalue weighted by Crippen LogP contribution is 2.46. The smallest absolute Gasteiger partial charge is 0.411 e. The van der Waals surface area contributed by atoms with Crippen LogP contribution in [0, 0.1) is 6.92 Å². The standard InChI is InChI=1S/C23H17BrN4O4/c1-12-6-8-14(24)11-19(12)28-20(29)15-4-2-3-5-16(15)23(28,32)13-7-9-17-18(10-13)26-21(25-17)27-22(30)31/h2-11,32H,1H3,(H,30,31)(H2,25,26,27). The van der Waals surface area contributed by atoms with Crippen molar-refractivity contribution in [2.24, 2.45) is 0 Å². The van der Waals surface area contributed by atoms with Gasteiger partial charge in [-0.25, -0.2) is 9.78 Å². The first kappa shape index (κ1) is 20.2. The maximum atomic E-state index is 13.5. The molecule has 0 fully saturated rings. The van der Waals surface area contributed by atoms with Crippen LogP contribution in [0.15, 0.2) is 65.1 Å². The molecule has 9 heteroatoms. The van der Waals surface area contributed by atoms with E-state index in [0.717, 1.165) is 10.0 Å². The largest absolute Gasteiger partial charge is 0.465 e. The maximum absolute atomic E-state index is 13.5. The molecule has 1 atom stereocenters. The number of nitrogens with one attached hydrogen (secondary N) is 2. The van der Waals surface area contributed by atoms with Crippen LogP contribution in [0.25, 0.3) is 11.0 Å². The Hall–Kier alpha value is -3.69. The number of carbonyl (C=O) groups is 2. The van der Waals surface area contributed by atoms with E-state index in [-0.39, 0.29) is 11.9 Å². The lowest BCUT2D eigenvalue weighted by Gasteiger charge is -2.35. The van der Waals surface area contributed by atoms with Crippen molar-refractivity contribution in [3.8, 4) is 0 Å². The third kappa shape index (κ3) is 2.97. The number of fused-ring (bicyclic) bond motifs is 2. The minimum absolute atomic E-state index is 0.0687. The number of amides is 2. The lowest BCUT2D eigenvalue weighted by atomic mass is 9.93. The highest BCUT2D eigenvalue weighted by atomic mass is 79.9. The molecule has 0 spiro atoms. The number of anilines is 2. The maximum Gasteiger partial charge on any atom is 0.411 e. The second-order valence-electron chi connectivity index (χ2n) is 7.54. The summed E-state index contributed by atoms with van der Waals surface area (Å²) < 4.78 is 0.776. The zero-order chi connectivity index (χ0) is 22.6. The zero-order valence-electron chi connectivity index (χ0n) is 16.8. The summed E-state index contributed by atoms with van der Waals surface area (Å²) in [7, 11) is 0. The highest BCUT2D eigenvalue weighted by molar-refractivity contribution is 9.10. The van der Waals surface area contributed by atoms with Crippen molar-refractivity contribution in [2.45, 2.75) is 12.6 Å². The van der Waals surface area contributed by atoms with E-state index in [0.29, 0.717) is 33.4 Å². The number of hydrogen-bond acceptors (Lipinski definition) is 4. The molecule has 0 aliphatic carbocycles. The summed E-state index contributed by atoms with van der Waals surface area (Å²) in [6, 6.07) is 17.5. The Labute approximate surface area is 190 Å². The van der Waals surface area contributed by atoms with Crippen LogP contribution in [0.1, 0.15) is 27.0 Å². The molecular formula is C23H17BrN4O4. The van der Waals surface area contributed by atoms with Gasteiger partial charge in [-0.3, -0.25) is 15.0 Å². The normalized spacial score (nSPS) is 17.6. The molecule has 160 valence electrons. The number of nitrogens with zero attached hydrogens (tertiary/aromatic N) is 2. The van der Waals surface area contributed by atoms with Crippen molar-refractivity contribution in [2.75, 3.05) is 10.2 Å². The van der Waals surface area contributed by atoms with Gasteiger partial charge in [0, 0.05) is 21.2 Å². The minimum Gasteiger partial charge on any atom is -0.465 e. The number of aryl methyl sites for hydroxylation is 1. The van der Waals surface area contributed by atoms with E-state index < -0.39 is 11.8 Å². The molecule has 1 aliphatic rings. The van der Waals surface area contributed by atoms with Crippen molar-refractivity contribution in [3.63, 3.8) is 0 Å². The third-order valence-corrected chi connectivity index (χ3v) is 6.07. The first-order valence-electron chi connectivity index (χ1n) is 9.72. The van der Waals surface area contributed by atoms with Crippen LogP contribution >= 0.6 is 15.9 Å². The van der Waals surface area contributed by atoms with Gasteiger partial charge in [-0.1, -0.05) is 46.3 Å². The molecule has 4 aromatic rings. The molecule has 4 N–H and O–H groups in total. The van der Waals surface area contributed by atoms with Crippen LogP contribution in [0.4, 0.5) is 16.4 Å². The van der Waals surface area contributed by atoms with Gasteiger partial charge in [0.05, 0.1) is 16.7 Å². The van der Waals surface area contributed by atoms with Gasteiger partial charge in [0.25, 0.3) is 5.91 Å². The predicted octanol–water partition coefficient (Wildman–Crippen LogP) is 4.58. The number of hydrogen-bond donors (Lipinski definition) is 4. The van der Waals surface area contributed by atoms with E-state index in [1.807, 2.05) is 19.1 Å². The summed E-state index contributed by atoms with van der Waals surface area (Å²) in [5.74, 6) is -0.249. The molecule has 32 heavy (non-hydrogen) atoms. The summed E-state index contributed by atoms with van der Waals surface area (Å²) in [4.78, 5) is 32.9. The first-order valence-corrected chi connectivity index (χ1v) is 10.5. The molecule has 0 radical (unpaired) electrons. The highest BCUT2D eigenvalue weighted by Gasteiger charge is 2.51. The van der Waals surface area contributed by atoms with Crippen molar-refractivity contribution in [1.29, 1.82) is 0 Å². The van der Waals surface area contributed by atoms with Crippen LogP contribution in [0.2, 0.25) is 0 Å². The predicted molar refractivity (Wildman–Crippen MR) is 123 cm³/mol. The van der Waals surface area contributed by atoms with E-state index in [1.54, 1.807) is 48.5 Å². The summed E-state index contributed by atoms with van der Waals surface area (Å²) in [6.45, 7) is 1.88. The van der Waals surface area contributed by atoms with Gasteiger partial charge in [-0.2, -0.15) is 0 Å². The summed E-state index contributed by atoms with van der Waals surface area (Å²) in [5, 5.41) is 23.3. The second kappa shape index (κ2) is 7.18. The van der Waals surface area contributed by atoms with Gasteiger partial charge in [0.2, 0.25) is 5.95 Å². The molecule has 8 nitrogen and oxygen atoms in total. The van der Waals surface area contributed by atoms with E-state index in [9.17, 15) is 14.7 Å². The monoisotopic (exact) mass is 492 g/mol. The lowest BCUT2D eigenvalue weighted by Crippen LogP contribution is -2.45. The Morgan fingerprint density at radius 1 is 1.16 bits per heavy atom. The first-order chi connectivity index (χ1) is 15.3. The van der Waals surface area contributed by atoms with Crippen LogP contribution in [0.3, 0.4) is 0 Å². The van der Waals surface area contributed by atoms with Gasteiger partial charge < -0.3 is 15.2 Å². The van der Waals surface area contributed by atoms with E-state index in [1.165, 1.54) is 4.90 Å². The van der Waals surface area contributed by atoms with E-state index in [4.69, 9.17) is 5.11 Å². The second-order valence-corrected chi connectivity index (χ2v) is 8.45. The fraction of sp³-hybridized carbons (Fsp3) is 0.0870. The van der Waals surface area contributed by atoms with Gasteiger partial charge in [-0.15, -0.1) is 0 Å². The molecular weight excluding hydrogens is 476 g/mol. The number of benzene rings is 3. The van der Waals surface area contributed by atoms with Gasteiger partial charge >= 0.3 is 6.09 Å². The average molecular weight is 493 g/mol. The molecule has 1 aromatic heterocycles. The molecule has 1 aliphatic heterocycles. The fourth-order valence-electron chi connectivity index (χ4n) is 4.14. The Morgan fingerprint density at radius 3 is 2.72 bits per heavy atom. The van der Waals surface area contributed by atoms with Crippen molar-refractivity contribution < 1.29 is 19.8 Å². The Morgan fingerprint density at radius 2 is 1.94 bits per heavy atom. The molecule has 2 heterocycles. The minimum atomic E-state index is -1.78. The quantitative estimate of drug-likeness (QED) is 0.333. The van der Waals surface area contributed by atoms with Crippen LogP contribution in [-0.2, 0) is 5.72 Å². The van der Waals surface area contributed by atoms with Crippen molar-refractivity contribution in [1.82, 2.24) is 9.97 Å². The van der Waals surface area contributed by atoms with Crippen LogP contribution in [0.5, 0.6) is 0 Å². The van der Waals surface area contributed by atoms with Gasteiger partial charge in [-0.05, 0) is 42.8 Å². The van der Waals surface area contributed by atoms with Gasteiger partial charge in [0.1, 0.15) is 0 Å². The van der Waals surface area contributed by atoms with E-state index in [2.05, 4.69) is 31.2 Å². The molecule has 5 rings (SSSR count). The molecule has 1 unspecified atom stereocenters. The van der Waals surface area contributed by atoms with E-state index >= 15 is 0 Å². The molecule has 3 aromatic carbocycles. The number of halogens is 1. The topological polar surface area (TPSA) is 119 Å². The molecule has 2 amide bonds. The SMILES string of the molecule is Cc1ccc(Br)cc1N1C(=O)c2ccccc2C1(O)c1ccc2nc(NC(=O)O)[nH]c2c1. The fourth-order valence-corrected chi connectivity index (χ4v) is 4.49. The number of carboxylic acid groups (broad SMARTS) is 1. The zero-order valence-corrected chi connectivity index (χ0v) is 18.3.